The van der Waals surface area contributed by atoms with Crippen molar-refractivity contribution in [1.29, 1.82) is 0 Å². The van der Waals surface area contributed by atoms with Crippen LogP contribution in [0, 0.1) is 0 Å². The maximum atomic E-state index is 11.4. The molecule has 0 radical (unpaired) electrons. The number of esters is 1. The van der Waals surface area contributed by atoms with E-state index in [1.165, 1.54) is 5.56 Å². The van der Waals surface area contributed by atoms with Crippen LogP contribution < -0.4 is 5.32 Å². The molecular weight excluding hydrogens is 230 g/mol. The third kappa shape index (κ3) is 2.54. The van der Waals surface area contributed by atoms with E-state index in [9.17, 15) is 4.79 Å². The van der Waals surface area contributed by atoms with Gasteiger partial charge in [-0.25, -0.2) is 0 Å². The Balaban J connectivity index is 2.03. The molecule has 1 aromatic carbocycles. The Hall–Kier alpha value is -1.39. The van der Waals surface area contributed by atoms with E-state index in [0.29, 0.717) is 26.2 Å². The van der Waals surface area contributed by atoms with Crippen molar-refractivity contribution in [2.45, 2.75) is 18.9 Å². The number of ether oxygens (including phenoxy) is 2. The number of hydrogen-bond acceptors (Lipinski definition) is 4. The highest BCUT2D eigenvalue weighted by Crippen LogP contribution is 2.29. The van der Waals surface area contributed by atoms with Crippen molar-refractivity contribution in [2.75, 3.05) is 26.9 Å². The van der Waals surface area contributed by atoms with Crippen molar-refractivity contribution in [1.82, 2.24) is 5.32 Å². The van der Waals surface area contributed by atoms with Gasteiger partial charge in [-0.3, -0.25) is 4.79 Å². The van der Waals surface area contributed by atoms with Crippen LogP contribution in [-0.2, 0) is 26.2 Å². The maximum Gasteiger partial charge on any atom is 0.310 e. The molecule has 0 bridgehead atoms. The number of carbonyl (C=O) groups excluding carboxylic acids is 1. The van der Waals surface area contributed by atoms with Gasteiger partial charge in [0.1, 0.15) is 0 Å². The molecule has 1 aromatic rings. The van der Waals surface area contributed by atoms with Gasteiger partial charge >= 0.3 is 5.97 Å². The molecule has 98 valence electrons. The monoisotopic (exact) mass is 249 g/mol. The van der Waals surface area contributed by atoms with Gasteiger partial charge in [0, 0.05) is 0 Å². The van der Waals surface area contributed by atoms with Crippen LogP contribution >= 0.6 is 0 Å². The normalized spacial score (nSPS) is 17.0. The van der Waals surface area contributed by atoms with Gasteiger partial charge in [-0.2, -0.15) is 0 Å². The minimum atomic E-state index is -0.180. The van der Waals surface area contributed by atoms with Crippen LogP contribution in [0.4, 0.5) is 0 Å². The fourth-order valence-corrected chi connectivity index (χ4v) is 2.08. The first-order valence-electron chi connectivity index (χ1n) is 6.22. The van der Waals surface area contributed by atoms with Crippen LogP contribution in [0.25, 0.3) is 0 Å². The molecule has 1 fully saturated rings. The number of benzene rings is 1. The molecule has 0 unspecified atom stereocenters. The Bertz CT molecular complexity index is 404. The molecule has 0 aromatic heterocycles. The van der Waals surface area contributed by atoms with E-state index in [-0.39, 0.29) is 11.5 Å². The van der Waals surface area contributed by atoms with E-state index in [4.69, 9.17) is 9.47 Å². The van der Waals surface area contributed by atoms with Crippen molar-refractivity contribution < 1.29 is 14.3 Å². The smallest absolute Gasteiger partial charge is 0.310 e. The summed E-state index contributed by atoms with van der Waals surface area (Å²) in [6.07, 6.45) is 0.331. The lowest BCUT2D eigenvalue weighted by atomic mass is 9.87. The molecule has 0 saturated carbocycles. The SMILES string of the molecule is CCOC(=O)Cc1ccc(C2(NC)COC2)cc1. The Morgan fingerprint density at radius 3 is 2.50 bits per heavy atom. The first kappa shape index (κ1) is 13.1. The standard InChI is InChI=1S/C14H19NO3/c1-3-18-13(16)8-11-4-6-12(7-5-11)14(15-2)9-17-10-14/h4-7,15H,3,8-10H2,1-2H3. The van der Waals surface area contributed by atoms with Gasteiger partial charge in [0.05, 0.1) is 31.8 Å². The Kier molecular flexibility index (Phi) is 3.99. The highest BCUT2D eigenvalue weighted by molar-refractivity contribution is 5.72. The second-order valence-electron chi connectivity index (χ2n) is 4.50. The summed E-state index contributed by atoms with van der Waals surface area (Å²) in [4.78, 5) is 11.4. The maximum absolute atomic E-state index is 11.4. The Morgan fingerprint density at radius 1 is 1.39 bits per heavy atom. The topological polar surface area (TPSA) is 47.6 Å². The molecule has 1 saturated heterocycles. The second-order valence-corrected chi connectivity index (χ2v) is 4.50. The van der Waals surface area contributed by atoms with Gasteiger partial charge in [-0.1, -0.05) is 24.3 Å². The fraction of sp³-hybridized carbons (Fsp3) is 0.500. The largest absolute Gasteiger partial charge is 0.466 e. The van der Waals surface area contributed by atoms with Gasteiger partial charge in [-0.05, 0) is 25.1 Å². The third-order valence-corrected chi connectivity index (χ3v) is 3.34. The summed E-state index contributed by atoms with van der Waals surface area (Å²) >= 11 is 0. The van der Waals surface area contributed by atoms with E-state index in [2.05, 4.69) is 5.32 Å². The molecule has 0 amide bonds. The number of rotatable bonds is 5. The fourth-order valence-electron chi connectivity index (χ4n) is 2.08. The van der Waals surface area contributed by atoms with Crippen LogP contribution in [0.1, 0.15) is 18.1 Å². The zero-order valence-corrected chi connectivity index (χ0v) is 10.9. The van der Waals surface area contributed by atoms with Crippen LogP contribution in [-0.4, -0.2) is 32.8 Å². The molecule has 4 heteroatoms. The molecule has 4 nitrogen and oxygen atoms in total. The van der Waals surface area contributed by atoms with Gasteiger partial charge in [0.15, 0.2) is 0 Å². The van der Waals surface area contributed by atoms with E-state index in [0.717, 1.165) is 5.56 Å². The van der Waals surface area contributed by atoms with Crippen molar-refractivity contribution in [2.24, 2.45) is 0 Å². The lowest BCUT2D eigenvalue weighted by Crippen LogP contribution is -2.56. The average molecular weight is 249 g/mol. The first-order chi connectivity index (χ1) is 8.70. The molecule has 18 heavy (non-hydrogen) atoms. The number of likely N-dealkylation sites (N-methyl/N-ethyl adjacent to an activating group) is 1. The summed E-state index contributed by atoms with van der Waals surface area (Å²) in [6, 6.07) is 8.05. The van der Waals surface area contributed by atoms with Gasteiger partial charge in [-0.15, -0.1) is 0 Å². The minimum absolute atomic E-state index is 0.0531. The molecular formula is C14H19NO3. The number of hydrogen-bond donors (Lipinski definition) is 1. The molecule has 0 spiro atoms. The third-order valence-electron chi connectivity index (χ3n) is 3.34. The predicted octanol–water partition coefficient (Wildman–Crippen LogP) is 1.24. The highest BCUT2D eigenvalue weighted by atomic mass is 16.5. The summed E-state index contributed by atoms with van der Waals surface area (Å²) in [5.41, 5.74) is 2.12. The number of nitrogens with one attached hydrogen (secondary N) is 1. The van der Waals surface area contributed by atoms with Crippen molar-refractivity contribution in [3.05, 3.63) is 35.4 Å². The van der Waals surface area contributed by atoms with Gasteiger partial charge in [0.25, 0.3) is 0 Å². The summed E-state index contributed by atoms with van der Waals surface area (Å²) in [7, 11) is 1.94. The lowest BCUT2D eigenvalue weighted by molar-refractivity contribution is -0.142. The van der Waals surface area contributed by atoms with E-state index < -0.39 is 0 Å². The molecule has 2 rings (SSSR count). The number of carbonyl (C=O) groups is 1. The van der Waals surface area contributed by atoms with Crippen molar-refractivity contribution in [3.8, 4) is 0 Å². The summed E-state index contributed by atoms with van der Waals surface area (Å²) in [6.45, 7) is 3.63. The van der Waals surface area contributed by atoms with E-state index in [1.807, 2.05) is 38.2 Å². The van der Waals surface area contributed by atoms with Gasteiger partial charge < -0.3 is 14.8 Å². The van der Waals surface area contributed by atoms with Crippen molar-refractivity contribution >= 4 is 5.97 Å². The van der Waals surface area contributed by atoms with Crippen LogP contribution in [0.2, 0.25) is 0 Å². The average Bonchev–Trinajstić information content (AvgIpc) is 2.31. The van der Waals surface area contributed by atoms with Crippen molar-refractivity contribution in [3.63, 3.8) is 0 Å². The van der Waals surface area contributed by atoms with Crippen LogP contribution in [0.5, 0.6) is 0 Å². The second kappa shape index (κ2) is 5.50. The minimum Gasteiger partial charge on any atom is -0.466 e. The summed E-state index contributed by atoms with van der Waals surface area (Å²) < 4.78 is 10.2. The quantitative estimate of drug-likeness (QED) is 0.798. The van der Waals surface area contributed by atoms with Gasteiger partial charge in [0.2, 0.25) is 0 Å². The molecule has 0 aliphatic carbocycles. The molecule has 1 aliphatic rings. The van der Waals surface area contributed by atoms with Crippen LogP contribution in [0.15, 0.2) is 24.3 Å². The molecule has 1 aliphatic heterocycles. The molecule has 0 atom stereocenters. The summed E-state index contributed by atoms with van der Waals surface area (Å²) in [5, 5.41) is 3.30. The predicted molar refractivity (Wildman–Crippen MR) is 68.3 cm³/mol. The Morgan fingerprint density at radius 2 is 2.06 bits per heavy atom. The highest BCUT2D eigenvalue weighted by Gasteiger charge is 2.38. The lowest BCUT2D eigenvalue weighted by Gasteiger charge is -2.41. The zero-order valence-electron chi connectivity index (χ0n) is 10.9. The molecule has 1 N–H and O–H groups in total. The first-order valence-corrected chi connectivity index (χ1v) is 6.22. The zero-order chi connectivity index (χ0) is 13.0. The van der Waals surface area contributed by atoms with E-state index >= 15 is 0 Å². The van der Waals surface area contributed by atoms with Crippen LogP contribution in [0.3, 0.4) is 0 Å². The summed E-state index contributed by atoms with van der Waals surface area (Å²) in [5.74, 6) is -0.180. The van der Waals surface area contributed by atoms with E-state index in [1.54, 1.807) is 0 Å². The Labute approximate surface area is 107 Å². The molecule has 1 heterocycles.